The monoisotopic (exact) mass is 338 g/mol. The van der Waals surface area contributed by atoms with Gasteiger partial charge in [-0.15, -0.1) is 0 Å². The van der Waals surface area contributed by atoms with E-state index in [2.05, 4.69) is 45.0 Å². The van der Waals surface area contributed by atoms with Crippen LogP contribution in [0.15, 0.2) is 48.5 Å². The molecule has 0 spiro atoms. The highest BCUT2D eigenvalue weighted by atomic mass is 16.5. The van der Waals surface area contributed by atoms with Crippen LogP contribution in [0.2, 0.25) is 0 Å². The van der Waals surface area contributed by atoms with Crippen LogP contribution in [0, 0.1) is 11.3 Å². The Bertz CT molecular complexity index is 744. The number of Topliss-reactive ketones (excluding diaryl/α,β-unsaturated/α-hetero) is 1. The molecule has 25 heavy (non-hydrogen) atoms. The van der Waals surface area contributed by atoms with Crippen LogP contribution in [0.3, 0.4) is 0 Å². The van der Waals surface area contributed by atoms with Crippen LogP contribution in [0.1, 0.15) is 43.7 Å². The lowest BCUT2D eigenvalue weighted by Gasteiger charge is -2.30. The number of methoxy groups -OCH3 is 2. The highest BCUT2D eigenvalue weighted by Gasteiger charge is 2.53. The molecule has 0 bridgehead atoms. The Morgan fingerprint density at radius 2 is 1.24 bits per heavy atom. The van der Waals surface area contributed by atoms with Crippen molar-refractivity contribution in [3.05, 3.63) is 59.7 Å². The maximum atomic E-state index is 13.0. The van der Waals surface area contributed by atoms with Crippen molar-refractivity contribution in [1.82, 2.24) is 0 Å². The van der Waals surface area contributed by atoms with Crippen LogP contribution in [-0.2, 0) is 4.79 Å². The topological polar surface area (TPSA) is 35.5 Å². The summed E-state index contributed by atoms with van der Waals surface area (Å²) in [7, 11) is 3.33. The number of ketones is 1. The van der Waals surface area contributed by atoms with Gasteiger partial charge in [-0.25, -0.2) is 0 Å². The number of ether oxygens (including phenoxy) is 2. The molecule has 2 aromatic rings. The molecule has 0 unspecified atom stereocenters. The lowest BCUT2D eigenvalue weighted by Crippen LogP contribution is -2.25. The van der Waals surface area contributed by atoms with E-state index >= 15 is 0 Å². The third-order valence-corrected chi connectivity index (χ3v) is 5.70. The Balaban J connectivity index is 2.07. The minimum atomic E-state index is -0.404. The van der Waals surface area contributed by atoms with Gasteiger partial charge in [0, 0.05) is 23.2 Å². The summed E-state index contributed by atoms with van der Waals surface area (Å²) in [6.45, 7) is 6.21. The van der Waals surface area contributed by atoms with Crippen LogP contribution in [-0.4, -0.2) is 20.0 Å². The SMILES string of the molecule is COc1ccc([C@H]2[C@H](C)C(=O)C(C)(C)[C@@H]2c2ccc(OC)cc2)cc1. The molecule has 3 nitrogen and oxygen atoms in total. The molecule has 3 atom stereocenters. The zero-order chi connectivity index (χ0) is 18.2. The minimum Gasteiger partial charge on any atom is -0.497 e. The molecule has 1 fully saturated rings. The molecule has 3 rings (SSSR count). The van der Waals surface area contributed by atoms with Crippen LogP contribution < -0.4 is 9.47 Å². The average molecular weight is 338 g/mol. The fourth-order valence-corrected chi connectivity index (χ4v) is 4.38. The number of benzene rings is 2. The van der Waals surface area contributed by atoms with Crippen LogP contribution in [0.25, 0.3) is 0 Å². The van der Waals surface area contributed by atoms with Gasteiger partial charge in [-0.2, -0.15) is 0 Å². The highest BCUT2D eigenvalue weighted by molar-refractivity contribution is 5.91. The molecule has 3 heteroatoms. The Morgan fingerprint density at radius 1 is 0.800 bits per heavy atom. The number of hydrogen-bond donors (Lipinski definition) is 0. The van der Waals surface area contributed by atoms with Gasteiger partial charge in [0.25, 0.3) is 0 Å². The number of rotatable bonds is 4. The number of carbonyl (C=O) groups is 1. The van der Waals surface area contributed by atoms with E-state index in [4.69, 9.17) is 9.47 Å². The molecule has 132 valence electrons. The van der Waals surface area contributed by atoms with E-state index in [-0.39, 0.29) is 17.8 Å². The molecule has 1 aliphatic carbocycles. The molecule has 2 aromatic carbocycles. The Morgan fingerprint density at radius 3 is 1.68 bits per heavy atom. The van der Waals surface area contributed by atoms with Gasteiger partial charge < -0.3 is 9.47 Å². The zero-order valence-electron chi connectivity index (χ0n) is 15.6. The molecule has 0 aromatic heterocycles. The Kier molecular flexibility index (Phi) is 4.59. The second-order valence-corrected chi connectivity index (χ2v) is 7.42. The molecule has 1 aliphatic rings. The van der Waals surface area contributed by atoms with Gasteiger partial charge in [-0.3, -0.25) is 4.79 Å². The maximum Gasteiger partial charge on any atom is 0.142 e. The summed E-state index contributed by atoms with van der Waals surface area (Å²) in [5.41, 5.74) is 1.97. The van der Waals surface area contributed by atoms with Gasteiger partial charge in [0.2, 0.25) is 0 Å². The minimum absolute atomic E-state index is 0.0181. The molecular weight excluding hydrogens is 312 g/mol. The van der Waals surface area contributed by atoms with Gasteiger partial charge in [0.05, 0.1) is 14.2 Å². The second kappa shape index (κ2) is 6.55. The van der Waals surface area contributed by atoms with E-state index in [1.165, 1.54) is 11.1 Å². The van der Waals surface area contributed by atoms with Crippen LogP contribution in [0.5, 0.6) is 11.5 Å². The summed E-state index contributed by atoms with van der Waals surface area (Å²) in [5.74, 6) is 2.27. The third kappa shape index (κ3) is 2.92. The summed E-state index contributed by atoms with van der Waals surface area (Å²) >= 11 is 0. The van der Waals surface area contributed by atoms with E-state index in [1.54, 1.807) is 14.2 Å². The van der Waals surface area contributed by atoms with E-state index in [9.17, 15) is 4.79 Å². The van der Waals surface area contributed by atoms with Crippen molar-refractivity contribution < 1.29 is 14.3 Å². The van der Waals surface area contributed by atoms with Crippen molar-refractivity contribution in [3.63, 3.8) is 0 Å². The lowest BCUT2D eigenvalue weighted by atomic mass is 9.72. The van der Waals surface area contributed by atoms with E-state index in [1.807, 2.05) is 24.3 Å². The quantitative estimate of drug-likeness (QED) is 0.802. The Labute approximate surface area is 150 Å². The molecule has 0 heterocycles. The molecule has 0 N–H and O–H groups in total. The molecule has 0 radical (unpaired) electrons. The predicted octanol–water partition coefficient (Wildman–Crippen LogP) is 4.82. The van der Waals surface area contributed by atoms with Crippen LogP contribution in [0.4, 0.5) is 0 Å². The average Bonchev–Trinajstić information content (AvgIpc) is 2.82. The number of hydrogen-bond acceptors (Lipinski definition) is 3. The predicted molar refractivity (Wildman–Crippen MR) is 99.4 cm³/mol. The third-order valence-electron chi connectivity index (χ3n) is 5.70. The molecule has 0 amide bonds. The van der Waals surface area contributed by atoms with Crippen LogP contribution >= 0.6 is 0 Å². The van der Waals surface area contributed by atoms with Crippen molar-refractivity contribution in [2.24, 2.45) is 11.3 Å². The van der Waals surface area contributed by atoms with Crippen molar-refractivity contribution in [2.75, 3.05) is 14.2 Å². The van der Waals surface area contributed by atoms with Gasteiger partial charge in [0.15, 0.2) is 0 Å². The van der Waals surface area contributed by atoms with Crippen molar-refractivity contribution in [3.8, 4) is 11.5 Å². The van der Waals surface area contributed by atoms with E-state index in [0.717, 1.165) is 11.5 Å². The van der Waals surface area contributed by atoms with Gasteiger partial charge in [0.1, 0.15) is 17.3 Å². The number of carbonyl (C=O) groups excluding carboxylic acids is 1. The van der Waals surface area contributed by atoms with Gasteiger partial charge in [-0.1, -0.05) is 45.0 Å². The summed E-state index contributed by atoms with van der Waals surface area (Å²) in [6, 6.07) is 16.3. The first kappa shape index (κ1) is 17.5. The first-order valence-electron chi connectivity index (χ1n) is 8.72. The summed E-state index contributed by atoms with van der Waals surface area (Å²) < 4.78 is 10.6. The van der Waals surface area contributed by atoms with E-state index in [0.29, 0.717) is 5.78 Å². The Hall–Kier alpha value is -2.29. The van der Waals surface area contributed by atoms with Gasteiger partial charge >= 0.3 is 0 Å². The molecular formula is C22H26O3. The smallest absolute Gasteiger partial charge is 0.142 e. The first-order chi connectivity index (χ1) is 11.9. The van der Waals surface area contributed by atoms with Crippen molar-refractivity contribution >= 4 is 5.78 Å². The maximum absolute atomic E-state index is 13.0. The zero-order valence-corrected chi connectivity index (χ0v) is 15.6. The first-order valence-corrected chi connectivity index (χ1v) is 8.72. The fraction of sp³-hybridized carbons (Fsp3) is 0.409. The molecule has 1 saturated carbocycles. The van der Waals surface area contributed by atoms with E-state index < -0.39 is 5.41 Å². The van der Waals surface area contributed by atoms with Gasteiger partial charge in [-0.05, 0) is 35.4 Å². The summed E-state index contributed by atoms with van der Waals surface area (Å²) in [4.78, 5) is 13.0. The lowest BCUT2D eigenvalue weighted by molar-refractivity contribution is -0.127. The standard InChI is InChI=1S/C22H26O3/c1-14-19(15-6-10-17(24-4)11-7-15)20(22(2,3)21(14)23)16-8-12-18(25-5)13-9-16/h6-14,19-20H,1-5H3/t14-,19+,20+/m0/s1. The second-order valence-electron chi connectivity index (χ2n) is 7.42. The largest absolute Gasteiger partial charge is 0.497 e. The van der Waals surface area contributed by atoms with Crippen molar-refractivity contribution in [1.29, 1.82) is 0 Å². The summed E-state index contributed by atoms with van der Waals surface area (Å²) in [6.07, 6.45) is 0. The molecule has 0 saturated heterocycles. The molecule has 0 aliphatic heterocycles. The normalized spacial score (nSPS) is 25.0. The van der Waals surface area contributed by atoms with Crippen molar-refractivity contribution in [2.45, 2.75) is 32.6 Å². The summed E-state index contributed by atoms with van der Waals surface area (Å²) in [5, 5.41) is 0. The highest BCUT2D eigenvalue weighted by Crippen LogP contribution is 2.57. The fourth-order valence-electron chi connectivity index (χ4n) is 4.38.